The van der Waals surface area contributed by atoms with Crippen molar-refractivity contribution in [1.29, 1.82) is 0 Å². The van der Waals surface area contributed by atoms with Crippen molar-refractivity contribution in [3.63, 3.8) is 0 Å². The van der Waals surface area contributed by atoms with Crippen molar-refractivity contribution in [1.82, 2.24) is 0 Å². The van der Waals surface area contributed by atoms with Crippen LogP contribution in [0.2, 0.25) is 0 Å². The van der Waals surface area contributed by atoms with Gasteiger partial charge in [-0.2, -0.15) is 0 Å². The van der Waals surface area contributed by atoms with Gasteiger partial charge in [-0.1, -0.05) is 54.6 Å². The highest BCUT2D eigenvalue weighted by Crippen LogP contribution is 2.60. The van der Waals surface area contributed by atoms with Gasteiger partial charge in [0.15, 0.2) is 11.6 Å². The lowest BCUT2D eigenvalue weighted by atomic mass is 9.71. The van der Waals surface area contributed by atoms with Gasteiger partial charge < -0.3 is 61.6 Å². The van der Waals surface area contributed by atoms with Gasteiger partial charge >= 0.3 is 0 Å². The van der Waals surface area contributed by atoms with Crippen LogP contribution in [-0.2, 0) is 11.2 Å². The number of benzene rings is 8. The molecular formula is C71H70O15. The van der Waals surface area contributed by atoms with E-state index in [1.807, 2.05) is 109 Å². The Morgan fingerprint density at radius 2 is 0.919 bits per heavy atom. The van der Waals surface area contributed by atoms with E-state index in [-0.39, 0.29) is 11.6 Å². The average Bonchev–Trinajstić information content (AvgIpc) is 1.82. The standard InChI is InChI=1S/C71H70O15/c1-74-45-20-12-41(13-21-45)35-57-67(68(73)53-31-28-50(79-6)38-62(53)82-9)70(44-18-24-47(76-3)25-19-44)86-71(57)56-39-55(63(83-10)40-64(56)84-11)65(52-30-27-49(78-5)37-61(52)81-8)66-54-34-42(14-32-58(72)51-29-26-48(77-4)36-60(51)80-7)15-33-59(54)85-69(66)43-16-22-46(75-2)23-17-43/h12-34,36-40,57,65-67,69-71H,35H2,1-11H3. The second-order valence-corrected chi connectivity index (χ2v) is 20.7. The van der Waals surface area contributed by atoms with Gasteiger partial charge in [0.2, 0.25) is 0 Å². The molecule has 2 heterocycles. The molecule has 0 radical (unpaired) electrons. The van der Waals surface area contributed by atoms with E-state index in [0.29, 0.717) is 92.1 Å². The third-order valence-corrected chi connectivity index (χ3v) is 16.4. The Kier molecular flexibility index (Phi) is 18.4. The van der Waals surface area contributed by atoms with Crippen LogP contribution >= 0.6 is 0 Å². The molecule has 15 heteroatoms. The van der Waals surface area contributed by atoms with Crippen molar-refractivity contribution in [2.45, 2.75) is 36.6 Å². The first-order valence-corrected chi connectivity index (χ1v) is 28.0. The highest BCUT2D eigenvalue weighted by atomic mass is 16.5. The van der Waals surface area contributed by atoms with Gasteiger partial charge in [-0.25, -0.2) is 0 Å². The summed E-state index contributed by atoms with van der Waals surface area (Å²) in [7, 11) is 17.6. The highest BCUT2D eigenvalue weighted by molar-refractivity contribution is 6.08. The van der Waals surface area contributed by atoms with Gasteiger partial charge in [0.1, 0.15) is 75.1 Å². The van der Waals surface area contributed by atoms with Crippen LogP contribution in [0.25, 0.3) is 6.08 Å². The SMILES string of the molecule is COc1ccc(CC2C(c3cc(C(c4ccc(OC)cc4OC)C4c5cc(C=CC(=O)c6ccc(OC)cc6OC)ccc5OC4c4ccc(OC)cc4)c(OC)cc3OC)OC(c3ccc(OC)cc3)C2C(=O)c2ccc(OC)cc2OC)cc1. The van der Waals surface area contributed by atoms with Crippen LogP contribution in [0.5, 0.6) is 69.0 Å². The lowest BCUT2D eigenvalue weighted by Crippen LogP contribution is -2.28. The lowest BCUT2D eigenvalue weighted by molar-refractivity contribution is 0.0253. The van der Waals surface area contributed by atoms with Gasteiger partial charge in [-0.05, 0) is 120 Å². The Balaban J connectivity index is 1.21. The molecular weight excluding hydrogens is 1090 g/mol. The molecule has 0 spiro atoms. The monoisotopic (exact) mass is 1160 g/mol. The first-order valence-electron chi connectivity index (χ1n) is 28.0. The number of carbonyl (C=O) groups excluding carboxylic acids is 2. The number of carbonyl (C=O) groups is 2. The maximum Gasteiger partial charge on any atom is 0.189 e. The van der Waals surface area contributed by atoms with Crippen LogP contribution in [0.1, 0.15) is 95.4 Å². The third kappa shape index (κ3) is 11.9. The Morgan fingerprint density at radius 1 is 0.430 bits per heavy atom. The fourth-order valence-electron chi connectivity index (χ4n) is 12.1. The van der Waals surface area contributed by atoms with Crippen LogP contribution in [-0.4, -0.2) is 89.8 Å². The summed E-state index contributed by atoms with van der Waals surface area (Å²) in [5.74, 6) is 3.63. The molecule has 7 unspecified atom stereocenters. The predicted molar refractivity (Wildman–Crippen MR) is 327 cm³/mol. The minimum Gasteiger partial charge on any atom is -0.497 e. The number of ketones is 2. The zero-order valence-electron chi connectivity index (χ0n) is 50.0. The quantitative estimate of drug-likeness (QED) is 0.0416. The van der Waals surface area contributed by atoms with E-state index in [1.54, 1.807) is 114 Å². The topological polar surface area (TPSA) is 154 Å². The number of ether oxygens (including phenoxy) is 13. The molecule has 0 N–H and O–H groups in total. The summed E-state index contributed by atoms with van der Waals surface area (Å²) < 4.78 is 79.3. The van der Waals surface area contributed by atoms with E-state index >= 15 is 4.79 Å². The van der Waals surface area contributed by atoms with Crippen LogP contribution in [0.3, 0.4) is 0 Å². The van der Waals surface area contributed by atoms with Crippen molar-refractivity contribution in [3.8, 4) is 69.0 Å². The van der Waals surface area contributed by atoms with E-state index in [2.05, 4.69) is 12.1 Å². The van der Waals surface area contributed by atoms with E-state index in [9.17, 15) is 4.79 Å². The third-order valence-electron chi connectivity index (χ3n) is 16.4. The van der Waals surface area contributed by atoms with Gasteiger partial charge in [0, 0.05) is 64.3 Å². The molecule has 86 heavy (non-hydrogen) atoms. The van der Waals surface area contributed by atoms with Gasteiger partial charge in [0.05, 0.1) is 107 Å². The Morgan fingerprint density at radius 3 is 1.48 bits per heavy atom. The number of methoxy groups -OCH3 is 11. The van der Waals surface area contributed by atoms with Crippen molar-refractivity contribution in [3.05, 3.63) is 219 Å². The average molecular weight is 1160 g/mol. The van der Waals surface area contributed by atoms with E-state index < -0.39 is 42.0 Å². The molecule has 8 aromatic carbocycles. The summed E-state index contributed by atoms with van der Waals surface area (Å²) >= 11 is 0. The molecule has 10 rings (SSSR count). The van der Waals surface area contributed by atoms with Gasteiger partial charge in [0.25, 0.3) is 0 Å². The number of hydrogen-bond donors (Lipinski definition) is 0. The van der Waals surface area contributed by atoms with Gasteiger partial charge in [-0.3, -0.25) is 9.59 Å². The van der Waals surface area contributed by atoms with Gasteiger partial charge in [-0.15, -0.1) is 0 Å². The largest absolute Gasteiger partial charge is 0.497 e. The van der Waals surface area contributed by atoms with Crippen LogP contribution in [0.15, 0.2) is 164 Å². The van der Waals surface area contributed by atoms with E-state index in [0.717, 1.165) is 38.9 Å². The zero-order valence-corrected chi connectivity index (χ0v) is 50.0. The molecule has 0 bridgehead atoms. The van der Waals surface area contributed by atoms with Crippen LogP contribution in [0, 0.1) is 11.8 Å². The molecule has 1 saturated heterocycles. The van der Waals surface area contributed by atoms with Crippen molar-refractivity contribution < 1.29 is 71.2 Å². The molecule has 7 atom stereocenters. The molecule has 444 valence electrons. The molecule has 1 fully saturated rings. The summed E-state index contributed by atoms with van der Waals surface area (Å²) in [5, 5.41) is 0. The second-order valence-electron chi connectivity index (χ2n) is 20.7. The Labute approximate surface area is 501 Å². The second kappa shape index (κ2) is 26.5. The number of rotatable bonds is 24. The summed E-state index contributed by atoms with van der Waals surface area (Å²) in [4.78, 5) is 29.9. The molecule has 0 amide bonds. The fraction of sp³-hybridized carbons (Fsp3) is 0.268. The number of fused-ring (bicyclic) bond motifs is 1. The Hall–Kier alpha value is -9.60. The first-order chi connectivity index (χ1) is 41.9. The fourth-order valence-corrected chi connectivity index (χ4v) is 12.1. The smallest absolute Gasteiger partial charge is 0.189 e. The first kappa shape index (κ1) is 59.6. The lowest BCUT2D eigenvalue weighted by Gasteiger charge is -2.33. The number of hydrogen-bond acceptors (Lipinski definition) is 15. The van der Waals surface area contributed by atoms with Crippen LogP contribution < -0.4 is 56.8 Å². The summed E-state index contributed by atoms with van der Waals surface area (Å²) in [6, 6.07) is 49.4. The van der Waals surface area contributed by atoms with E-state index in [4.69, 9.17) is 61.6 Å². The summed E-state index contributed by atoms with van der Waals surface area (Å²) in [6.07, 6.45) is 1.50. The zero-order chi connectivity index (χ0) is 60.6. The molecule has 0 aromatic heterocycles. The van der Waals surface area contributed by atoms with Crippen molar-refractivity contribution in [2.75, 3.05) is 78.2 Å². The maximum atomic E-state index is 15.9. The Bertz CT molecular complexity index is 3720. The highest BCUT2D eigenvalue weighted by Gasteiger charge is 2.52. The number of allylic oxidation sites excluding steroid dienone is 1. The van der Waals surface area contributed by atoms with E-state index in [1.165, 1.54) is 13.2 Å². The van der Waals surface area contributed by atoms with Crippen LogP contribution in [0.4, 0.5) is 0 Å². The summed E-state index contributed by atoms with van der Waals surface area (Å²) in [5.41, 5.74) is 7.10. The maximum absolute atomic E-state index is 15.9. The van der Waals surface area contributed by atoms with Crippen molar-refractivity contribution >= 4 is 17.6 Å². The predicted octanol–water partition coefficient (Wildman–Crippen LogP) is 13.9. The molecule has 15 nitrogen and oxygen atoms in total. The molecule has 8 aromatic rings. The minimum absolute atomic E-state index is 0.184. The molecule has 2 aliphatic heterocycles. The summed E-state index contributed by atoms with van der Waals surface area (Å²) in [6.45, 7) is 0. The minimum atomic E-state index is -0.802. The normalized spacial score (nSPS) is 18.0. The molecule has 0 saturated carbocycles. The van der Waals surface area contributed by atoms with Crippen molar-refractivity contribution in [2.24, 2.45) is 11.8 Å². The number of Topliss-reactive ketones (excluding diaryl/α,β-unsaturated/α-hetero) is 1. The molecule has 0 aliphatic carbocycles. The molecule has 2 aliphatic rings.